The monoisotopic (exact) mass is 206 g/mol. The molecule has 0 saturated heterocycles. The van der Waals surface area contributed by atoms with Gasteiger partial charge in [0.15, 0.2) is 0 Å². The van der Waals surface area contributed by atoms with Crippen LogP contribution in [0.5, 0.6) is 0 Å². The molecule has 0 unspecified atom stereocenters. The lowest BCUT2D eigenvalue weighted by molar-refractivity contribution is -0.884. The topological polar surface area (TPSA) is 41.9 Å². The van der Waals surface area contributed by atoms with Gasteiger partial charge in [-0.3, -0.25) is 9.89 Å². The third-order valence-corrected chi connectivity index (χ3v) is 2.71. The smallest absolute Gasteiger partial charge is 0.284 e. The molecule has 0 fully saturated rings. The fraction of sp³-hybridized carbons (Fsp3) is 0.455. The molecular formula is C11H16N3O+. The molecule has 0 amide bonds. The maximum Gasteiger partial charge on any atom is 0.305 e. The van der Waals surface area contributed by atoms with Gasteiger partial charge in [0.1, 0.15) is 11.2 Å². The van der Waals surface area contributed by atoms with Crippen LogP contribution in [0.15, 0.2) is 12.3 Å². The Morgan fingerprint density at radius 2 is 2.13 bits per heavy atom. The van der Waals surface area contributed by atoms with E-state index >= 15 is 0 Å². The van der Waals surface area contributed by atoms with Crippen LogP contribution >= 0.6 is 0 Å². The van der Waals surface area contributed by atoms with E-state index < -0.39 is 0 Å². The molecule has 2 heterocycles. The molecule has 1 N–H and O–H groups in total. The standard InChI is InChI=1S/C11H16N3O/c1-7(2)9-5-6-14(15)10-8(3)12-13(4)11(9)10/h5-7,15H,1-4H3/q+1. The van der Waals surface area contributed by atoms with E-state index in [0.29, 0.717) is 5.92 Å². The Hall–Kier alpha value is -1.58. The van der Waals surface area contributed by atoms with Gasteiger partial charge in [-0.05, 0) is 18.4 Å². The second-order valence-electron chi connectivity index (χ2n) is 4.18. The molecule has 0 bridgehead atoms. The van der Waals surface area contributed by atoms with E-state index in [4.69, 9.17) is 0 Å². The summed E-state index contributed by atoms with van der Waals surface area (Å²) in [5.74, 6) is 0.420. The zero-order chi connectivity index (χ0) is 11.2. The molecule has 0 aliphatic heterocycles. The number of hydrogen-bond donors (Lipinski definition) is 1. The van der Waals surface area contributed by atoms with Crippen molar-refractivity contribution in [3.8, 4) is 0 Å². The summed E-state index contributed by atoms with van der Waals surface area (Å²) in [6.45, 7) is 6.18. The van der Waals surface area contributed by atoms with Gasteiger partial charge in [-0.2, -0.15) is 5.10 Å². The first-order chi connectivity index (χ1) is 7.02. The molecule has 4 nitrogen and oxygen atoms in total. The van der Waals surface area contributed by atoms with Gasteiger partial charge >= 0.3 is 5.52 Å². The Morgan fingerprint density at radius 3 is 2.73 bits per heavy atom. The molecule has 0 aliphatic carbocycles. The van der Waals surface area contributed by atoms with Crippen LogP contribution in [0.4, 0.5) is 0 Å². The number of fused-ring (bicyclic) bond motifs is 1. The molecule has 0 saturated carbocycles. The van der Waals surface area contributed by atoms with Crippen LogP contribution in [-0.4, -0.2) is 15.0 Å². The number of pyridine rings is 1. The van der Waals surface area contributed by atoms with Crippen LogP contribution in [0.3, 0.4) is 0 Å². The predicted octanol–water partition coefficient (Wildman–Crippen LogP) is 1.53. The van der Waals surface area contributed by atoms with E-state index in [1.54, 1.807) is 6.20 Å². The summed E-state index contributed by atoms with van der Waals surface area (Å²) in [4.78, 5) is 0. The lowest BCUT2D eigenvalue weighted by atomic mass is 10.0. The first kappa shape index (κ1) is 9.96. The highest BCUT2D eigenvalue weighted by molar-refractivity contribution is 5.78. The Morgan fingerprint density at radius 1 is 1.47 bits per heavy atom. The molecule has 15 heavy (non-hydrogen) atoms. The third-order valence-electron chi connectivity index (χ3n) is 2.71. The summed E-state index contributed by atoms with van der Waals surface area (Å²) >= 11 is 0. The normalized spacial score (nSPS) is 11.5. The maximum absolute atomic E-state index is 9.73. The highest BCUT2D eigenvalue weighted by atomic mass is 16.5. The van der Waals surface area contributed by atoms with Crippen molar-refractivity contribution in [3.63, 3.8) is 0 Å². The average Bonchev–Trinajstić information content (AvgIpc) is 2.43. The zero-order valence-corrected chi connectivity index (χ0v) is 9.52. The van der Waals surface area contributed by atoms with Crippen molar-refractivity contribution in [2.75, 3.05) is 0 Å². The Kier molecular flexibility index (Phi) is 2.14. The molecule has 2 aromatic rings. The van der Waals surface area contributed by atoms with Crippen molar-refractivity contribution < 1.29 is 9.94 Å². The van der Waals surface area contributed by atoms with Crippen LogP contribution in [0.25, 0.3) is 11.0 Å². The molecule has 0 spiro atoms. The number of nitrogens with zero attached hydrogens (tertiary/aromatic N) is 3. The van der Waals surface area contributed by atoms with E-state index in [2.05, 4.69) is 18.9 Å². The van der Waals surface area contributed by atoms with Gasteiger partial charge in [-0.25, -0.2) is 0 Å². The number of aryl methyl sites for hydroxylation is 2. The van der Waals surface area contributed by atoms with Crippen molar-refractivity contribution in [2.24, 2.45) is 7.05 Å². The number of hydrogen-bond acceptors (Lipinski definition) is 2. The molecule has 4 heteroatoms. The highest BCUT2D eigenvalue weighted by Crippen LogP contribution is 2.23. The lowest BCUT2D eigenvalue weighted by Gasteiger charge is -2.05. The van der Waals surface area contributed by atoms with E-state index in [9.17, 15) is 5.21 Å². The minimum Gasteiger partial charge on any atom is -0.284 e. The molecule has 2 aromatic heterocycles. The fourth-order valence-electron chi connectivity index (χ4n) is 2.02. The molecule has 80 valence electrons. The minimum absolute atomic E-state index is 0.420. The largest absolute Gasteiger partial charge is 0.305 e. The Bertz CT molecular complexity index is 514. The van der Waals surface area contributed by atoms with E-state index in [-0.39, 0.29) is 0 Å². The SMILES string of the molecule is Cc1nn(C)c2c(C(C)C)cc[n+](O)c12. The van der Waals surface area contributed by atoms with Crippen LogP contribution in [0.1, 0.15) is 31.0 Å². The van der Waals surface area contributed by atoms with Gasteiger partial charge in [0.2, 0.25) is 6.20 Å². The van der Waals surface area contributed by atoms with Gasteiger partial charge in [-0.15, -0.1) is 0 Å². The predicted molar refractivity (Wildman–Crippen MR) is 56.9 cm³/mol. The molecule has 0 aliphatic rings. The summed E-state index contributed by atoms with van der Waals surface area (Å²) in [6, 6.07) is 1.94. The van der Waals surface area contributed by atoms with Crippen molar-refractivity contribution in [2.45, 2.75) is 26.7 Å². The fourth-order valence-corrected chi connectivity index (χ4v) is 2.02. The van der Waals surface area contributed by atoms with Gasteiger partial charge in [0.25, 0.3) is 0 Å². The van der Waals surface area contributed by atoms with Crippen molar-refractivity contribution in [1.82, 2.24) is 9.78 Å². The summed E-state index contributed by atoms with van der Waals surface area (Å²) < 4.78 is 2.97. The first-order valence-electron chi connectivity index (χ1n) is 5.09. The second kappa shape index (κ2) is 3.22. The summed E-state index contributed by atoms with van der Waals surface area (Å²) in [6.07, 6.45) is 1.67. The summed E-state index contributed by atoms with van der Waals surface area (Å²) in [7, 11) is 1.90. The molecule has 0 atom stereocenters. The number of rotatable bonds is 1. The van der Waals surface area contributed by atoms with Crippen LogP contribution in [0, 0.1) is 6.92 Å². The van der Waals surface area contributed by atoms with Crippen LogP contribution < -0.4 is 4.73 Å². The van der Waals surface area contributed by atoms with Crippen molar-refractivity contribution >= 4 is 11.0 Å². The van der Waals surface area contributed by atoms with Gasteiger partial charge in [0, 0.05) is 17.8 Å². The van der Waals surface area contributed by atoms with Gasteiger partial charge < -0.3 is 0 Å². The average molecular weight is 206 g/mol. The lowest BCUT2D eigenvalue weighted by Crippen LogP contribution is -2.30. The Balaban J connectivity index is 2.92. The first-order valence-corrected chi connectivity index (χ1v) is 5.09. The molecule has 2 rings (SSSR count). The van der Waals surface area contributed by atoms with Crippen LogP contribution in [0.2, 0.25) is 0 Å². The van der Waals surface area contributed by atoms with Gasteiger partial charge in [0.05, 0.1) is 0 Å². The minimum atomic E-state index is 0.420. The Labute approximate surface area is 88.7 Å². The second-order valence-corrected chi connectivity index (χ2v) is 4.18. The number of aromatic nitrogens is 3. The summed E-state index contributed by atoms with van der Waals surface area (Å²) in [5.41, 5.74) is 3.85. The highest BCUT2D eigenvalue weighted by Gasteiger charge is 2.21. The van der Waals surface area contributed by atoms with E-state index in [0.717, 1.165) is 21.5 Å². The molecular weight excluding hydrogens is 190 g/mol. The van der Waals surface area contributed by atoms with Crippen molar-refractivity contribution in [1.29, 1.82) is 0 Å². The molecule has 0 aromatic carbocycles. The van der Waals surface area contributed by atoms with E-state index in [1.807, 2.05) is 24.7 Å². The van der Waals surface area contributed by atoms with E-state index in [1.165, 1.54) is 5.56 Å². The van der Waals surface area contributed by atoms with Crippen LogP contribution in [-0.2, 0) is 7.05 Å². The van der Waals surface area contributed by atoms with Gasteiger partial charge in [-0.1, -0.05) is 13.8 Å². The molecule has 0 radical (unpaired) electrons. The maximum atomic E-state index is 9.73. The summed E-state index contributed by atoms with van der Waals surface area (Å²) in [5, 5.41) is 14.1. The zero-order valence-electron chi connectivity index (χ0n) is 9.52. The quantitative estimate of drug-likeness (QED) is 0.568. The van der Waals surface area contributed by atoms with Crippen molar-refractivity contribution in [3.05, 3.63) is 23.5 Å². The third kappa shape index (κ3) is 1.37.